The Hall–Kier alpha value is -1.68. The monoisotopic (exact) mass is 270 g/mol. The van der Waals surface area contributed by atoms with Gasteiger partial charge in [-0.2, -0.15) is 0 Å². The molecule has 4 rings (SSSR count). The highest BCUT2D eigenvalue weighted by molar-refractivity contribution is 6.21. The van der Waals surface area contributed by atoms with Crippen molar-refractivity contribution in [3.05, 3.63) is 35.4 Å². The molecule has 2 heterocycles. The number of imide groups is 1. The molecule has 0 bridgehead atoms. The van der Waals surface area contributed by atoms with Gasteiger partial charge >= 0.3 is 0 Å². The van der Waals surface area contributed by atoms with Crippen molar-refractivity contribution in [3.8, 4) is 0 Å². The van der Waals surface area contributed by atoms with Crippen molar-refractivity contribution < 1.29 is 9.59 Å². The molecule has 3 aliphatic rings. The largest absolute Gasteiger partial charge is 0.311 e. The van der Waals surface area contributed by atoms with Crippen LogP contribution >= 0.6 is 0 Å². The highest BCUT2D eigenvalue weighted by Crippen LogP contribution is 2.40. The number of nitrogens with zero attached hydrogens (tertiary/aromatic N) is 1. The maximum atomic E-state index is 12.5. The molecule has 1 saturated carbocycles. The highest BCUT2D eigenvalue weighted by atomic mass is 16.2. The van der Waals surface area contributed by atoms with Crippen molar-refractivity contribution in [2.75, 3.05) is 6.54 Å². The number of hydrogen-bond acceptors (Lipinski definition) is 3. The van der Waals surface area contributed by atoms with Crippen LogP contribution in [0.5, 0.6) is 0 Å². The third-order valence-electron chi connectivity index (χ3n) is 5.11. The molecule has 1 saturated heterocycles. The van der Waals surface area contributed by atoms with Gasteiger partial charge in [0.1, 0.15) is 0 Å². The molecule has 1 unspecified atom stereocenters. The van der Waals surface area contributed by atoms with Crippen LogP contribution in [-0.2, 0) is 0 Å². The second-order valence-corrected chi connectivity index (χ2v) is 6.23. The SMILES string of the molecule is O=C1c2ccccc2C(=O)N1C1CCNC2(CCC2)C1. The van der Waals surface area contributed by atoms with Gasteiger partial charge in [0.2, 0.25) is 0 Å². The summed E-state index contributed by atoms with van der Waals surface area (Å²) in [6.45, 7) is 0.901. The molecule has 2 fully saturated rings. The Morgan fingerprint density at radius 3 is 2.30 bits per heavy atom. The molecule has 0 aromatic heterocycles. The lowest BCUT2D eigenvalue weighted by atomic mass is 9.70. The smallest absolute Gasteiger partial charge is 0.261 e. The van der Waals surface area contributed by atoms with Gasteiger partial charge < -0.3 is 5.32 Å². The Kier molecular flexibility index (Phi) is 2.51. The Morgan fingerprint density at radius 2 is 1.75 bits per heavy atom. The number of carbonyl (C=O) groups excluding carboxylic acids is 2. The van der Waals surface area contributed by atoms with E-state index in [1.165, 1.54) is 24.2 Å². The van der Waals surface area contributed by atoms with Gasteiger partial charge in [-0.15, -0.1) is 0 Å². The first kappa shape index (κ1) is 12.1. The summed E-state index contributed by atoms with van der Waals surface area (Å²) in [4.78, 5) is 26.5. The number of rotatable bonds is 1. The Bertz CT molecular complexity index is 557. The number of hydrogen-bond donors (Lipinski definition) is 1. The molecule has 4 nitrogen and oxygen atoms in total. The number of carbonyl (C=O) groups is 2. The lowest BCUT2D eigenvalue weighted by Gasteiger charge is -2.49. The molecule has 2 amide bonds. The van der Waals surface area contributed by atoms with Crippen molar-refractivity contribution >= 4 is 11.8 Å². The molecule has 1 aromatic rings. The molecule has 1 spiro atoms. The van der Waals surface area contributed by atoms with Crippen molar-refractivity contribution in [2.24, 2.45) is 0 Å². The maximum Gasteiger partial charge on any atom is 0.261 e. The molecule has 1 atom stereocenters. The van der Waals surface area contributed by atoms with Gasteiger partial charge in [-0.1, -0.05) is 12.1 Å². The van der Waals surface area contributed by atoms with Crippen LogP contribution in [-0.4, -0.2) is 34.8 Å². The molecule has 1 aromatic carbocycles. The summed E-state index contributed by atoms with van der Waals surface area (Å²) in [6, 6.07) is 7.22. The number of piperidine rings is 1. The average Bonchev–Trinajstić information content (AvgIpc) is 2.70. The van der Waals surface area contributed by atoms with Gasteiger partial charge in [0.05, 0.1) is 11.1 Å². The normalized spacial score (nSPS) is 27.6. The zero-order valence-electron chi connectivity index (χ0n) is 11.4. The van der Waals surface area contributed by atoms with E-state index < -0.39 is 0 Å². The topological polar surface area (TPSA) is 49.4 Å². The van der Waals surface area contributed by atoms with Gasteiger partial charge in [0.25, 0.3) is 11.8 Å². The number of fused-ring (bicyclic) bond motifs is 1. The summed E-state index contributed by atoms with van der Waals surface area (Å²) in [5.41, 5.74) is 1.33. The van der Waals surface area contributed by atoms with E-state index >= 15 is 0 Å². The second-order valence-electron chi connectivity index (χ2n) is 6.23. The number of benzene rings is 1. The molecule has 2 aliphatic heterocycles. The molecule has 20 heavy (non-hydrogen) atoms. The Balaban J connectivity index is 1.64. The van der Waals surface area contributed by atoms with Gasteiger partial charge in [0.15, 0.2) is 0 Å². The summed E-state index contributed by atoms with van der Waals surface area (Å²) in [7, 11) is 0. The molecule has 4 heteroatoms. The van der Waals surface area contributed by atoms with Crippen molar-refractivity contribution in [1.29, 1.82) is 0 Å². The fraction of sp³-hybridized carbons (Fsp3) is 0.500. The van der Waals surface area contributed by atoms with E-state index in [0.29, 0.717) is 11.1 Å². The van der Waals surface area contributed by atoms with Gasteiger partial charge in [-0.05, 0) is 50.8 Å². The van der Waals surface area contributed by atoms with Gasteiger partial charge in [0, 0.05) is 11.6 Å². The third kappa shape index (κ3) is 1.57. The van der Waals surface area contributed by atoms with E-state index in [9.17, 15) is 9.59 Å². The standard InChI is InChI=1S/C16H18N2O2/c19-14-12-4-1-2-5-13(12)15(20)18(14)11-6-9-17-16(10-11)7-3-8-16/h1-2,4-5,11,17H,3,6-10H2. The van der Waals surface area contributed by atoms with E-state index in [-0.39, 0.29) is 23.4 Å². The summed E-state index contributed by atoms with van der Waals surface area (Å²) in [5, 5.41) is 3.59. The lowest BCUT2D eigenvalue weighted by Crippen LogP contribution is -2.60. The van der Waals surface area contributed by atoms with Crippen molar-refractivity contribution in [2.45, 2.75) is 43.7 Å². The third-order valence-corrected chi connectivity index (χ3v) is 5.11. The van der Waals surface area contributed by atoms with Crippen LogP contribution in [0.1, 0.15) is 52.8 Å². The minimum absolute atomic E-state index is 0.0592. The van der Waals surface area contributed by atoms with Crippen molar-refractivity contribution in [3.63, 3.8) is 0 Å². The highest BCUT2D eigenvalue weighted by Gasteiger charge is 2.47. The average molecular weight is 270 g/mol. The van der Waals surface area contributed by atoms with E-state index in [4.69, 9.17) is 0 Å². The predicted octanol–water partition coefficient (Wildman–Crippen LogP) is 1.96. The van der Waals surface area contributed by atoms with Gasteiger partial charge in [-0.3, -0.25) is 14.5 Å². The number of amides is 2. The minimum atomic E-state index is -0.105. The summed E-state index contributed by atoms with van der Waals surface area (Å²) in [5.74, 6) is -0.209. The van der Waals surface area contributed by atoms with Crippen LogP contribution in [0.2, 0.25) is 0 Å². The first-order chi connectivity index (χ1) is 9.70. The van der Waals surface area contributed by atoms with E-state index in [0.717, 1.165) is 19.4 Å². The second kappa shape index (κ2) is 4.16. The Labute approximate surface area is 118 Å². The van der Waals surface area contributed by atoms with E-state index in [1.807, 2.05) is 12.1 Å². The maximum absolute atomic E-state index is 12.5. The van der Waals surface area contributed by atoms with Crippen LogP contribution < -0.4 is 5.32 Å². The van der Waals surface area contributed by atoms with Crippen molar-refractivity contribution in [1.82, 2.24) is 10.2 Å². The summed E-state index contributed by atoms with van der Waals surface area (Å²) < 4.78 is 0. The van der Waals surface area contributed by atoms with Gasteiger partial charge in [-0.25, -0.2) is 0 Å². The zero-order chi connectivity index (χ0) is 13.7. The molecule has 104 valence electrons. The first-order valence-electron chi connectivity index (χ1n) is 7.42. The fourth-order valence-electron chi connectivity index (χ4n) is 3.87. The molecule has 0 radical (unpaired) electrons. The lowest BCUT2D eigenvalue weighted by molar-refractivity contribution is 0.0405. The van der Waals surface area contributed by atoms with Crippen LogP contribution in [0.25, 0.3) is 0 Å². The van der Waals surface area contributed by atoms with Crippen LogP contribution in [0.15, 0.2) is 24.3 Å². The molecule has 1 aliphatic carbocycles. The summed E-state index contributed by atoms with van der Waals surface area (Å²) >= 11 is 0. The van der Waals surface area contributed by atoms with Crippen LogP contribution in [0, 0.1) is 0 Å². The minimum Gasteiger partial charge on any atom is -0.311 e. The zero-order valence-corrected chi connectivity index (χ0v) is 11.4. The molecule has 1 N–H and O–H groups in total. The first-order valence-corrected chi connectivity index (χ1v) is 7.42. The summed E-state index contributed by atoms with van der Waals surface area (Å²) in [6.07, 6.45) is 5.38. The van der Waals surface area contributed by atoms with E-state index in [1.54, 1.807) is 12.1 Å². The molecular weight excluding hydrogens is 252 g/mol. The fourth-order valence-corrected chi connectivity index (χ4v) is 3.87. The molecular formula is C16H18N2O2. The van der Waals surface area contributed by atoms with E-state index in [2.05, 4.69) is 5.32 Å². The Morgan fingerprint density at radius 1 is 1.10 bits per heavy atom. The predicted molar refractivity (Wildman–Crippen MR) is 74.5 cm³/mol. The van der Waals surface area contributed by atoms with Crippen LogP contribution in [0.3, 0.4) is 0 Å². The van der Waals surface area contributed by atoms with Crippen LogP contribution in [0.4, 0.5) is 0 Å². The number of nitrogens with one attached hydrogen (secondary N) is 1. The quantitative estimate of drug-likeness (QED) is 0.794.